The normalized spacial score (nSPS) is 12.4. The van der Waals surface area contributed by atoms with E-state index in [9.17, 15) is 4.21 Å². The molecule has 3 aromatic carbocycles. The summed E-state index contributed by atoms with van der Waals surface area (Å²) >= 11 is 0. The molecule has 1 heterocycles. The Morgan fingerprint density at radius 1 is 0.885 bits per heavy atom. The van der Waals surface area contributed by atoms with E-state index in [1.807, 2.05) is 36.4 Å². The number of rotatable bonds is 4. The van der Waals surface area contributed by atoms with Crippen LogP contribution in [0.2, 0.25) is 0 Å². The number of aromatic amines is 1. The molecule has 2 nitrogen and oxygen atoms in total. The molecule has 3 heteroatoms. The van der Waals surface area contributed by atoms with Crippen molar-refractivity contribution in [3.63, 3.8) is 0 Å². The third-order valence-corrected chi connectivity index (χ3v) is 6.07. The Morgan fingerprint density at radius 2 is 1.65 bits per heavy atom. The molecular formula is C23H21NOS. The van der Waals surface area contributed by atoms with Crippen LogP contribution in [0.25, 0.3) is 22.0 Å². The van der Waals surface area contributed by atoms with Crippen LogP contribution >= 0.6 is 0 Å². The largest absolute Gasteiger partial charge is 0.358 e. The Bertz CT molecular complexity index is 1100. The van der Waals surface area contributed by atoms with Gasteiger partial charge in [0.2, 0.25) is 0 Å². The van der Waals surface area contributed by atoms with Crippen molar-refractivity contribution >= 4 is 21.7 Å². The number of nitrogens with one attached hydrogen (secondary N) is 1. The molecule has 0 bridgehead atoms. The molecule has 130 valence electrons. The average Bonchev–Trinajstić information content (AvgIpc) is 2.99. The van der Waals surface area contributed by atoms with Crippen molar-refractivity contribution in [2.45, 2.75) is 24.5 Å². The van der Waals surface area contributed by atoms with Gasteiger partial charge in [-0.1, -0.05) is 60.2 Å². The molecule has 0 amide bonds. The quantitative estimate of drug-likeness (QED) is 0.494. The highest BCUT2D eigenvalue weighted by Gasteiger charge is 2.16. The summed E-state index contributed by atoms with van der Waals surface area (Å²) in [4.78, 5) is 4.37. The summed E-state index contributed by atoms with van der Waals surface area (Å²) in [5.74, 6) is 0.511. The number of hydrogen-bond donors (Lipinski definition) is 1. The van der Waals surface area contributed by atoms with E-state index in [4.69, 9.17) is 0 Å². The van der Waals surface area contributed by atoms with Crippen molar-refractivity contribution in [1.29, 1.82) is 0 Å². The van der Waals surface area contributed by atoms with Gasteiger partial charge in [-0.3, -0.25) is 4.21 Å². The van der Waals surface area contributed by atoms with Gasteiger partial charge < -0.3 is 4.98 Å². The van der Waals surface area contributed by atoms with Crippen molar-refractivity contribution in [3.8, 4) is 11.1 Å². The SMILES string of the molecule is Cc1cccc(-c2c(C)[nH]c3cccc(CS(=O)c4ccccc4)c23)c1. The second kappa shape index (κ2) is 6.93. The predicted octanol–water partition coefficient (Wildman–Crippen LogP) is 5.76. The lowest BCUT2D eigenvalue weighted by Crippen LogP contribution is -1.97. The van der Waals surface area contributed by atoms with Gasteiger partial charge in [-0.05, 0) is 43.2 Å². The highest BCUT2D eigenvalue weighted by Crippen LogP contribution is 2.35. The molecule has 1 aromatic heterocycles. The van der Waals surface area contributed by atoms with Crippen molar-refractivity contribution in [3.05, 3.63) is 89.6 Å². The highest BCUT2D eigenvalue weighted by atomic mass is 32.2. The first-order valence-corrected chi connectivity index (χ1v) is 10.1. The Kier molecular flexibility index (Phi) is 4.48. The highest BCUT2D eigenvalue weighted by molar-refractivity contribution is 7.84. The van der Waals surface area contributed by atoms with Crippen LogP contribution in [0.4, 0.5) is 0 Å². The number of aromatic nitrogens is 1. The van der Waals surface area contributed by atoms with E-state index in [1.165, 1.54) is 22.1 Å². The monoisotopic (exact) mass is 359 g/mol. The topological polar surface area (TPSA) is 32.9 Å². The first kappa shape index (κ1) is 16.8. The van der Waals surface area contributed by atoms with Crippen LogP contribution in [-0.4, -0.2) is 9.19 Å². The smallest absolute Gasteiger partial charge is 0.0574 e. The Balaban J connectivity index is 1.85. The fraction of sp³-hybridized carbons (Fsp3) is 0.130. The lowest BCUT2D eigenvalue weighted by atomic mass is 9.98. The zero-order valence-electron chi connectivity index (χ0n) is 15.0. The van der Waals surface area contributed by atoms with Crippen LogP contribution in [0.3, 0.4) is 0 Å². The lowest BCUT2D eigenvalue weighted by molar-refractivity contribution is 0.683. The van der Waals surface area contributed by atoms with Crippen LogP contribution in [0.1, 0.15) is 16.8 Å². The van der Waals surface area contributed by atoms with Crippen LogP contribution in [0.15, 0.2) is 77.7 Å². The summed E-state index contributed by atoms with van der Waals surface area (Å²) in [5, 5.41) is 1.18. The summed E-state index contributed by atoms with van der Waals surface area (Å²) in [6.07, 6.45) is 0. The fourth-order valence-electron chi connectivity index (χ4n) is 3.53. The minimum absolute atomic E-state index is 0.511. The first-order chi connectivity index (χ1) is 12.6. The number of benzene rings is 3. The van der Waals surface area contributed by atoms with Gasteiger partial charge in [-0.25, -0.2) is 0 Å². The Morgan fingerprint density at radius 3 is 2.42 bits per heavy atom. The molecule has 0 aliphatic carbocycles. The van der Waals surface area contributed by atoms with Crippen molar-refractivity contribution < 1.29 is 4.21 Å². The molecule has 1 N–H and O–H groups in total. The van der Waals surface area contributed by atoms with Crippen molar-refractivity contribution in [2.24, 2.45) is 0 Å². The molecule has 26 heavy (non-hydrogen) atoms. The van der Waals surface area contributed by atoms with E-state index in [-0.39, 0.29) is 0 Å². The van der Waals surface area contributed by atoms with E-state index in [0.717, 1.165) is 21.7 Å². The van der Waals surface area contributed by atoms with Crippen LogP contribution in [0, 0.1) is 13.8 Å². The van der Waals surface area contributed by atoms with Gasteiger partial charge in [-0.15, -0.1) is 0 Å². The van der Waals surface area contributed by atoms with Crippen molar-refractivity contribution in [1.82, 2.24) is 4.98 Å². The van der Waals surface area contributed by atoms with Gasteiger partial charge in [0, 0.05) is 27.1 Å². The van der Waals surface area contributed by atoms with E-state index in [1.54, 1.807) is 0 Å². The summed E-state index contributed by atoms with van der Waals surface area (Å²) in [7, 11) is -1.06. The standard InChI is InChI=1S/C23H21NOS/c1-16-8-6-9-18(14-16)22-17(2)24-21-13-7-10-19(23(21)22)15-26(25)20-11-4-3-5-12-20/h3-14,24H,15H2,1-2H3. The Labute approximate surface area is 156 Å². The molecule has 0 aliphatic heterocycles. The molecule has 4 aromatic rings. The number of fused-ring (bicyclic) bond motifs is 1. The molecule has 0 aliphatic rings. The molecule has 0 saturated carbocycles. The maximum absolute atomic E-state index is 12.9. The van der Waals surface area contributed by atoms with Crippen LogP contribution in [-0.2, 0) is 16.6 Å². The van der Waals surface area contributed by atoms with E-state index < -0.39 is 10.8 Å². The zero-order valence-corrected chi connectivity index (χ0v) is 15.8. The predicted molar refractivity (Wildman–Crippen MR) is 110 cm³/mol. The Hall–Kier alpha value is -2.65. The maximum atomic E-state index is 12.9. The molecule has 0 radical (unpaired) electrons. The summed E-state index contributed by atoms with van der Waals surface area (Å²) in [6, 6.07) is 24.5. The number of H-pyrrole nitrogens is 1. The maximum Gasteiger partial charge on any atom is 0.0574 e. The number of hydrogen-bond acceptors (Lipinski definition) is 1. The molecular weight excluding hydrogens is 338 g/mol. The molecule has 0 fully saturated rings. The first-order valence-electron chi connectivity index (χ1n) is 8.74. The molecule has 0 spiro atoms. The molecule has 1 atom stereocenters. The third kappa shape index (κ3) is 3.11. The van der Waals surface area contributed by atoms with Gasteiger partial charge in [0.05, 0.1) is 16.6 Å². The number of aryl methyl sites for hydroxylation is 2. The fourth-order valence-corrected chi connectivity index (χ4v) is 4.68. The second-order valence-corrected chi connectivity index (χ2v) is 8.09. The zero-order chi connectivity index (χ0) is 18.1. The van der Waals surface area contributed by atoms with Gasteiger partial charge in [0.1, 0.15) is 0 Å². The van der Waals surface area contributed by atoms with E-state index >= 15 is 0 Å². The summed E-state index contributed by atoms with van der Waals surface area (Å²) in [6.45, 7) is 4.22. The molecule has 0 saturated heterocycles. The minimum atomic E-state index is -1.06. The average molecular weight is 359 g/mol. The molecule has 1 unspecified atom stereocenters. The van der Waals surface area contributed by atoms with Gasteiger partial charge in [0.25, 0.3) is 0 Å². The lowest BCUT2D eigenvalue weighted by Gasteiger charge is -2.08. The third-order valence-electron chi connectivity index (χ3n) is 4.70. The van der Waals surface area contributed by atoms with Crippen LogP contribution in [0.5, 0.6) is 0 Å². The second-order valence-electron chi connectivity index (χ2n) is 6.64. The minimum Gasteiger partial charge on any atom is -0.358 e. The summed E-state index contributed by atoms with van der Waals surface area (Å²) < 4.78 is 12.9. The van der Waals surface area contributed by atoms with Crippen LogP contribution < -0.4 is 0 Å². The van der Waals surface area contributed by atoms with Gasteiger partial charge in [0.15, 0.2) is 0 Å². The summed E-state index contributed by atoms with van der Waals surface area (Å²) in [5.41, 5.74) is 7.01. The van der Waals surface area contributed by atoms with Gasteiger partial charge in [-0.2, -0.15) is 0 Å². The van der Waals surface area contributed by atoms with Crippen molar-refractivity contribution in [2.75, 3.05) is 0 Å². The van der Waals surface area contributed by atoms with E-state index in [0.29, 0.717) is 5.75 Å². The molecule has 4 rings (SSSR count). The van der Waals surface area contributed by atoms with E-state index in [2.05, 4.69) is 55.2 Å². The van der Waals surface area contributed by atoms with Gasteiger partial charge >= 0.3 is 0 Å².